The molecule has 0 bridgehead atoms. The number of aliphatic hydroxyl groups is 1. The van der Waals surface area contributed by atoms with Gasteiger partial charge in [0, 0.05) is 24.3 Å². The molecule has 0 fully saturated rings. The molecule has 1 N–H and O–H groups in total. The number of benzene rings is 1. The fraction of sp³-hybridized carbons (Fsp3) is 0.500. The van der Waals surface area contributed by atoms with Crippen LogP contribution in [0.3, 0.4) is 0 Å². The maximum absolute atomic E-state index is 10.3. The second kappa shape index (κ2) is 5.50. The highest BCUT2D eigenvalue weighted by Crippen LogP contribution is 2.31. The summed E-state index contributed by atoms with van der Waals surface area (Å²) >= 11 is 6.03. The van der Waals surface area contributed by atoms with E-state index in [-0.39, 0.29) is 0 Å². The lowest BCUT2D eigenvalue weighted by Crippen LogP contribution is -2.22. The van der Waals surface area contributed by atoms with Gasteiger partial charge in [0.2, 0.25) is 0 Å². The molecule has 0 amide bonds. The van der Waals surface area contributed by atoms with E-state index in [1.165, 1.54) is 0 Å². The summed E-state index contributed by atoms with van der Waals surface area (Å²) < 4.78 is 4.96. The number of halogens is 1. The molecule has 3 heteroatoms. The second-order valence-corrected chi connectivity index (χ2v) is 4.26. The number of methoxy groups -OCH3 is 1. The summed E-state index contributed by atoms with van der Waals surface area (Å²) in [5.74, 6) is 0. The van der Waals surface area contributed by atoms with Crippen molar-refractivity contribution in [2.24, 2.45) is 0 Å². The van der Waals surface area contributed by atoms with Crippen LogP contribution in [0.1, 0.15) is 25.3 Å². The van der Waals surface area contributed by atoms with Crippen LogP contribution in [-0.4, -0.2) is 18.8 Å². The predicted molar refractivity (Wildman–Crippen MR) is 62.1 cm³/mol. The highest BCUT2D eigenvalue weighted by Gasteiger charge is 2.24. The van der Waals surface area contributed by atoms with Gasteiger partial charge in [0.15, 0.2) is 0 Å². The smallest absolute Gasteiger partial charge is 0.0883 e. The number of rotatable bonds is 5. The van der Waals surface area contributed by atoms with Crippen molar-refractivity contribution < 1.29 is 9.84 Å². The molecule has 0 aliphatic rings. The lowest BCUT2D eigenvalue weighted by Gasteiger charge is -2.24. The first-order valence-corrected chi connectivity index (χ1v) is 5.42. The van der Waals surface area contributed by atoms with Crippen molar-refractivity contribution in [1.29, 1.82) is 0 Å². The molecular weight excluding hydrogens is 212 g/mol. The molecule has 0 spiro atoms. The Morgan fingerprint density at radius 2 is 2.07 bits per heavy atom. The fourth-order valence-corrected chi connectivity index (χ4v) is 1.93. The van der Waals surface area contributed by atoms with Crippen molar-refractivity contribution in [3.63, 3.8) is 0 Å². The maximum Gasteiger partial charge on any atom is 0.0883 e. The SMILES string of the molecule is COCCCC(C)(O)c1ccccc1Cl. The summed E-state index contributed by atoms with van der Waals surface area (Å²) in [6.45, 7) is 2.43. The van der Waals surface area contributed by atoms with Crippen molar-refractivity contribution in [2.75, 3.05) is 13.7 Å². The summed E-state index contributed by atoms with van der Waals surface area (Å²) in [6, 6.07) is 7.39. The average molecular weight is 229 g/mol. The first-order valence-electron chi connectivity index (χ1n) is 5.04. The summed E-state index contributed by atoms with van der Waals surface area (Å²) in [7, 11) is 1.66. The van der Waals surface area contributed by atoms with Crippen LogP contribution >= 0.6 is 11.6 Å². The minimum absolute atomic E-state index is 0.611. The molecule has 0 saturated heterocycles. The third kappa shape index (κ3) is 3.49. The first-order chi connectivity index (χ1) is 7.08. The molecule has 84 valence electrons. The van der Waals surface area contributed by atoms with Gasteiger partial charge in [0.05, 0.1) is 5.60 Å². The number of hydrogen-bond acceptors (Lipinski definition) is 2. The Bertz CT molecular complexity index is 310. The van der Waals surface area contributed by atoms with Crippen molar-refractivity contribution >= 4 is 11.6 Å². The Labute approximate surface area is 95.8 Å². The van der Waals surface area contributed by atoms with E-state index < -0.39 is 5.60 Å². The van der Waals surface area contributed by atoms with Crippen LogP contribution in [0.4, 0.5) is 0 Å². The maximum atomic E-state index is 10.3. The Kier molecular flexibility index (Phi) is 4.58. The molecule has 0 aliphatic carbocycles. The van der Waals surface area contributed by atoms with Crippen molar-refractivity contribution in [1.82, 2.24) is 0 Å². The molecule has 0 heterocycles. The molecule has 1 atom stereocenters. The molecule has 1 unspecified atom stereocenters. The highest BCUT2D eigenvalue weighted by molar-refractivity contribution is 6.31. The predicted octanol–water partition coefficient (Wildman–Crippen LogP) is 2.97. The molecular formula is C12H17ClO2. The third-order valence-electron chi connectivity index (χ3n) is 2.47. The zero-order valence-corrected chi connectivity index (χ0v) is 9.92. The van der Waals surface area contributed by atoms with Crippen molar-refractivity contribution in [2.45, 2.75) is 25.4 Å². The molecule has 2 nitrogen and oxygen atoms in total. The number of hydrogen-bond donors (Lipinski definition) is 1. The Morgan fingerprint density at radius 3 is 2.67 bits per heavy atom. The van der Waals surface area contributed by atoms with E-state index >= 15 is 0 Å². The number of ether oxygens (including phenoxy) is 1. The normalized spacial score (nSPS) is 14.9. The van der Waals surface area contributed by atoms with Gasteiger partial charge in [-0.15, -0.1) is 0 Å². The standard InChI is InChI=1S/C12H17ClO2/c1-12(14,8-5-9-15-2)10-6-3-4-7-11(10)13/h3-4,6-7,14H,5,8-9H2,1-2H3. The zero-order chi connectivity index (χ0) is 11.3. The summed E-state index contributed by atoms with van der Waals surface area (Å²) in [5, 5.41) is 10.9. The summed E-state index contributed by atoms with van der Waals surface area (Å²) in [4.78, 5) is 0. The molecule has 1 aromatic carbocycles. The lowest BCUT2D eigenvalue weighted by molar-refractivity contribution is 0.0374. The summed E-state index contributed by atoms with van der Waals surface area (Å²) in [5.41, 5.74) is -0.0978. The average Bonchev–Trinajstić information content (AvgIpc) is 2.18. The Morgan fingerprint density at radius 1 is 1.40 bits per heavy atom. The van der Waals surface area contributed by atoms with Crippen LogP contribution in [0.15, 0.2) is 24.3 Å². The Hall–Kier alpha value is -0.570. The fourth-order valence-electron chi connectivity index (χ4n) is 1.59. The van der Waals surface area contributed by atoms with Gasteiger partial charge < -0.3 is 9.84 Å². The molecule has 0 aliphatic heterocycles. The van der Waals surface area contributed by atoms with Crippen LogP contribution in [-0.2, 0) is 10.3 Å². The van der Waals surface area contributed by atoms with Crippen LogP contribution < -0.4 is 0 Å². The minimum Gasteiger partial charge on any atom is -0.385 e. The van der Waals surface area contributed by atoms with E-state index in [4.69, 9.17) is 16.3 Å². The lowest BCUT2D eigenvalue weighted by atomic mass is 9.91. The molecule has 15 heavy (non-hydrogen) atoms. The largest absolute Gasteiger partial charge is 0.385 e. The molecule has 1 aromatic rings. The molecule has 0 aromatic heterocycles. The molecule has 0 radical (unpaired) electrons. The van der Waals surface area contributed by atoms with E-state index in [1.807, 2.05) is 18.2 Å². The first kappa shape index (κ1) is 12.5. The zero-order valence-electron chi connectivity index (χ0n) is 9.16. The Balaban J connectivity index is 2.72. The van der Waals surface area contributed by atoms with Gasteiger partial charge in [-0.3, -0.25) is 0 Å². The minimum atomic E-state index is -0.878. The van der Waals surface area contributed by atoms with Gasteiger partial charge in [0.25, 0.3) is 0 Å². The van der Waals surface area contributed by atoms with E-state index in [9.17, 15) is 5.11 Å². The summed E-state index contributed by atoms with van der Waals surface area (Å²) in [6.07, 6.45) is 1.46. The van der Waals surface area contributed by atoms with Crippen molar-refractivity contribution in [3.05, 3.63) is 34.9 Å². The van der Waals surface area contributed by atoms with Gasteiger partial charge in [0.1, 0.15) is 0 Å². The second-order valence-electron chi connectivity index (χ2n) is 3.85. The van der Waals surface area contributed by atoms with Crippen LogP contribution in [0.5, 0.6) is 0 Å². The third-order valence-corrected chi connectivity index (χ3v) is 2.80. The van der Waals surface area contributed by atoms with E-state index in [1.54, 1.807) is 20.1 Å². The molecule has 0 saturated carbocycles. The van der Waals surface area contributed by atoms with Crippen LogP contribution in [0.2, 0.25) is 5.02 Å². The van der Waals surface area contributed by atoms with Gasteiger partial charge in [-0.25, -0.2) is 0 Å². The highest BCUT2D eigenvalue weighted by atomic mass is 35.5. The van der Waals surface area contributed by atoms with Gasteiger partial charge in [-0.05, 0) is 25.8 Å². The van der Waals surface area contributed by atoms with E-state index in [0.717, 1.165) is 12.0 Å². The van der Waals surface area contributed by atoms with Crippen molar-refractivity contribution in [3.8, 4) is 0 Å². The van der Waals surface area contributed by atoms with E-state index in [2.05, 4.69) is 0 Å². The molecule has 1 rings (SSSR count). The monoisotopic (exact) mass is 228 g/mol. The topological polar surface area (TPSA) is 29.5 Å². The van der Waals surface area contributed by atoms with Gasteiger partial charge in [-0.1, -0.05) is 29.8 Å². The van der Waals surface area contributed by atoms with Gasteiger partial charge in [-0.2, -0.15) is 0 Å². The van der Waals surface area contributed by atoms with Gasteiger partial charge >= 0.3 is 0 Å². The van der Waals surface area contributed by atoms with Crippen LogP contribution in [0, 0.1) is 0 Å². The van der Waals surface area contributed by atoms with Crippen LogP contribution in [0.25, 0.3) is 0 Å². The van der Waals surface area contributed by atoms with E-state index in [0.29, 0.717) is 18.1 Å². The quantitative estimate of drug-likeness (QED) is 0.786.